The van der Waals surface area contributed by atoms with Crippen LogP contribution in [0.3, 0.4) is 0 Å². The average Bonchev–Trinajstić information content (AvgIpc) is 2.54. The van der Waals surface area contributed by atoms with Crippen LogP contribution in [-0.2, 0) is 4.74 Å². The number of hydrogen-bond donors (Lipinski definition) is 0. The van der Waals surface area contributed by atoms with Crippen LogP contribution in [0.25, 0.3) is 0 Å². The molecule has 2 fully saturated rings. The van der Waals surface area contributed by atoms with Gasteiger partial charge in [-0.15, -0.1) is 0 Å². The highest BCUT2D eigenvalue weighted by molar-refractivity contribution is 5.32. The van der Waals surface area contributed by atoms with Gasteiger partial charge in [-0.25, -0.2) is 0 Å². The molecule has 1 heterocycles. The lowest BCUT2D eigenvalue weighted by Gasteiger charge is -2.49. The Morgan fingerprint density at radius 2 is 2.05 bits per heavy atom. The highest BCUT2D eigenvalue weighted by atomic mass is 16.5. The SMILES string of the molecule is [2H]C([2H])([2H])N1CC(c2ccc(OC)cc2)C2(CCCCC2)OC1([2H])[2H]. The van der Waals surface area contributed by atoms with Gasteiger partial charge in [0.2, 0.25) is 0 Å². The predicted molar refractivity (Wildman–Crippen MR) is 80.1 cm³/mol. The maximum Gasteiger partial charge on any atom is 0.118 e. The van der Waals surface area contributed by atoms with Gasteiger partial charge in [0.1, 0.15) is 5.75 Å². The summed E-state index contributed by atoms with van der Waals surface area (Å²) in [6, 6.07) is 7.58. The minimum absolute atomic E-state index is 0.107. The summed E-state index contributed by atoms with van der Waals surface area (Å²) in [7, 11) is 1.60. The Bertz CT molecular complexity index is 596. The number of rotatable bonds is 2. The number of nitrogens with zero attached hydrogens (tertiary/aromatic N) is 1. The molecular formula is C17H25NO2. The van der Waals surface area contributed by atoms with E-state index in [0.29, 0.717) is 0 Å². The molecule has 0 bridgehead atoms. The van der Waals surface area contributed by atoms with Gasteiger partial charge in [-0.2, -0.15) is 0 Å². The topological polar surface area (TPSA) is 21.7 Å². The average molecular weight is 280 g/mol. The summed E-state index contributed by atoms with van der Waals surface area (Å²) in [5.74, 6) is 0.545. The molecule has 1 aliphatic carbocycles. The minimum Gasteiger partial charge on any atom is -0.497 e. The Labute approximate surface area is 128 Å². The number of benzene rings is 1. The molecule has 1 aliphatic heterocycles. The first kappa shape index (κ1) is 9.06. The first-order chi connectivity index (χ1) is 11.7. The van der Waals surface area contributed by atoms with Gasteiger partial charge in [0.25, 0.3) is 0 Å². The molecular weight excluding hydrogens is 250 g/mol. The van der Waals surface area contributed by atoms with E-state index < -0.39 is 19.3 Å². The van der Waals surface area contributed by atoms with Crippen molar-refractivity contribution in [2.45, 2.75) is 43.6 Å². The molecule has 2 aliphatic rings. The molecule has 0 aromatic heterocycles. The van der Waals surface area contributed by atoms with Crippen molar-refractivity contribution in [3.8, 4) is 5.75 Å². The maximum atomic E-state index is 8.21. The quantitative estimate of drug-likeness (QED) is 0.829. The molecule has 1 saturated carbocycles. The fraction of sp³-hybridized carbons (Fsp3) is 0.647. The van der Waals surface area contributed by atoms with Crippen LogP contribution in [0.1, 0.15) is 50.4 Å². The van der Waals surface area contributed by atoms with Gasteiger partial charge < -0.3 is 9.47 Å². The zero-order valence-corrected chi connectivity index (χ0v) is 11.9. The zero-order chi connectivity index (χ0) is 18.3. The van der Waals surface area contributed by atoms with Gasteiger partial charge in [0.15, 0.2) is 0 Å². The van der Waals surface area contributed by atoms with Gasteiger partial charge in [-0.1, -0.05) is 31.4 Å². The van der Waals surface area contributed by atoms with Crippen LogP contribution in [0.4, 0.5) is 0 Å². The molecule has 3 heteroatoms. The minimum atomic E-state index is -2.55. The smallest absolute Gasteiger partial charge is 0.118 e. The van der Waals surface area contributed by atoms with Crippen LogP contribution in [-0.4, -0.2) is 37.8 Å². The highest BCUT2D eigenvalue weighted by Crippen LogP contribution is 2.45. The maximum absolute atomic E-state index is 8.21. The Hall–Kier alpha value is -1.06. The second-order valence-electron chi connectivity index (χ2n) is 5.76. The standard InChI is InChI=1S/C17H25NO2/c1-18-12-16(14-6-8-15(19-2)9-7-14)17(20-13-18)10-4-3-5-11-17/h6-9,16H,3-5,10-13H2,1-2H3/i1D3,13D2. The van der Waals surface area contributed by atoms with Crippen LogP contribution in [0.5, 0.6) is 5.75 Å². The molecule has 20 heavy (non-hydrogen) atoms. The lowest BCUT2D eigenvalue weighted by atomic mass is 9.71. The van der Waals surface area contributed by atoms with Crippen LogP contribution in [0.15, 0.2) is 24.3 Å². The fourth-order valence-electron chi connectivity index (χ4n) is 3.45. The van der Waals surface area contributed by atoms with Crippen molar-refractivity contribution >= 4 is 0 Å². The molecule has 0 N–H and O–H groups in total. The van der Waals surface area contributed by atoms with Crippen LogP contribution >= 0.6 is 0 Å². The van der Waals surface area contributed by atoms with Gasteiger partial charge in [-0.05, 0) is 37.5 Å². The van der Waals surface area contributed by atoms with Gasteiger partial charge in [0.05, 0.1) is 22.1 Å². The van der Waals surface area contributed by atoms with Gasteiger partial charge in [0, 0.05) is 16.6 Å². The molecule has 1 aromatic rings. The van der Waals surface area contributed by atoms with E-state index in [9.17, 15) is 0 Å². The van der Waals surface area contributed by atoms with E-state index in [4.69, 9.17) is 16.3 Å². The van der Waals surface area contributed by atoms with Crippen molar-refractivity contribution in [3.05, 3.63) is 29.8 Å². The second kappa shape index (κ2) is 5.74. The van der Waals surface area contributed by atoms with Crippen molar-refractivity contribution in [1.29, 1.82) is 0 Å². The number of likely N-dealkylation sites (N-methyl/N-ethyl adjacent to an activating group) is 1. The Balaban J connectivity index is 2.00. The summed E-state index contributed by atoms with van der Waals surface area (Å²) in [5, 5.41) is 0. The van der Waals surface area contributed by atoms with E-state index in [0.717, 1.165) is 48.3 Å². The van der Waals surface area contributed by atoms with E-state index in [2.05, 4.69) is 0 Å². The zero-order valence-electron chi connectivity index (χ0n) is 16.9. The van der Waals surface area contributed by atoms with Crippen LogP contribution in [0, 0.1) is 0 Å². The third-order valence-electron chi connectivity index (χ3n) is 4.58. The summed E-state index contributed by atoms with van der Waals surface area (Å²) in [4.78, 5) is 0.870. The monoisotopic (exact) mass is 280 g/mol. The van der Waals surface area contributed by atoms with Crippen LogP contribution in [0.2, 0.25) is 0 Å². The number of hydrogen-bond acceptors (Lipinski definition) is 3. The summed E-state index contributed by atoms with van der Waals surface area (Å²) < 4.78 is 50.7. The number of ether oxygens (including phenoxy) is 2. The largest absolute Gasteiger partial charge is 0.497 e. The van der Waals surface area contributed by atoms with Gasteiger partial charge in [-0.3, -0.25) is 4.90 Å². The Morgan fingerprint density at radius 1 is 1.30 bits per heavy atom. The first-order valence-electron chi connectivity index (χ1n) is 9.80. The number of methoxy groups -OCH3 is 1. The summed E-state index contributed by atoms with van der Waals surface area (Å²) in [6.45, 7) is -4.74. The lowest BCUT2D eigenvalue weighted by molar-refractivity contribution is -0.161. The van der Waals surface area contributed by atoms with Crippen molar-refractivity contribution < 1.29 is 16.3 Å². The molecule has 1 atom stereocenters. The van der Waals surface area contributed by atoms with Crippen molar-refractivity contribution in [2.24, 2.45) is 0 Å². The molecule has 0 radical (unpaired) electrons. The highest BCUT2D eigenvalue weighted by Gasteiger charge is 2.44. The Morgan fingerprint density at radius 3 is 2.70 bits per heavy atom. The van der Waals surface area contributed by atoms with E-state index in [1.54, 1.807) is 7.11 Å². The first-order valence-corrected chi connectivity index (χ1v) is 7.30. The third kappa shape index (κ3) is 2.57. The summed E-state index contributed by atoms with van der Waals surface area (Å²) >= 11 is 0. The van der Waals surface area contributed by atoms with Crippen molar-refractivity contribution in [3.63, 3.8) is 0 Å². The lowest BCUT2D eigenvalue weighted by Crippen LogP contribution is -2.52. The summed E-state index contributed by atoms with van der Waals surface area (Å²) in [6.07, 6.45) is 4.54. The van der Waals surface area contributed by atoms with Crippen molar-refractivity contribution in [2.75, 3.05) is 27.3 Å². The molecule has 1 spiro atoms. The van der Waals surface area contributed by atoms with E-state index in [1.807, 2.05) is 24.3 Å². The third-order valence-corrected chi connectivity index (χ3v) is 4.58. The molecule has 3 nitrogen and oxygen atoms in total. The molecule has 1 saturated heterocycles. The van der Waals surface area contributed by atoms with E-state index in [-0.39, 0.29) is 12.5 Å². The molecule has 1 unspecified atom stereocenters. The normalized spacial score (nSPS) is 33.5. The summed E-state index contributed by atoms with van der Waals surface area (Å²) in [5.41, 5.74) is 0.311. The van der Waals surface area contributed by atoms with Gasteiger partial charge >= 0.3 is 0 Å². The van der Waals surface area contributed by atoms with Crippen LogP contribution < -0.4 is 4.74 Å². The van der Waals surface area contributed by atoms with E-state index in [1.165, 1.54) is 0 Å². The fourth-order valence-corrected chi connectivity index (χ4v) is 3.45. The Kier molecular flexibility index (Phi) is 2.60. The molecule has 3 rings (SSSR count). The second-order valence-corrected chi connectivity index (χ2v) is 5.76. The molecule has 0 amide bonds. The van der Waals surface area contributed by atoms with E-state index >= 15 is 0 Å². The molecule has 1 aromatic carbocycles. The predicted octanol–water partition coefficient (Wildman–Crippen LogP) is 3.40. The van der Waals surface area contributed by atoms with Crippen molar-refractivity contribution in [1.82, 2.24) is 4.90 Å². The molecule has 110 valence electrons.